The van der Waals surface area contributed by atoms with Gasteiger partial charge >= 0.3 is 0 Å². The van der Waals surface area contributed by atoms with E-state index in [1.165, 1.54) is 0 Å². The van der Waals surface area contributed by atoms with Crippen LogP contribution >= 0.6 is 0 Å². The molecule has 0 atom stereocenters. The van der Waals surface area contributed by atoms with Gasteiger partial charge in [0.1, 0.15) is 13.3 Å². The minimum atomic E-state index is -0.446. The molecular weight excluding hydrogens is 901 g/mol. The van der Waals surface area contributed by atoms with Crippen LogP contribution in [-0.4, -0.2) is 40.7 Å². The van der Waals surface area contributed by atoms with Gasteiger partial charge in [-0.15, -0.1) is 0 Å². The number of fused-ring (bicyclic) bond motifs is 9. The van der Waals surface area contributed by atoms with Crippen LogP contribution in [0.4, 0.5) is 0 Å². The van der Waals surface area contributed by atoms with Gasteiger partial charge in [0.15, 0.2) is 21.7 Å². The van der Waals surface area contributed by atoms with Crippen molar-refractivity contribution in [3.05, 3.63) is 245 Å². The molecule has 2 amide bonds. The molecule has 342 valence electrons. The van der Waals surface area contributed by atoms with Crippen LogP contribution in [0.5, 0.6) is 0 Å². The van der Waals surface area contributed by atoms with Crippen LogP contribution in [0.25, 0.3) is 98.6 Å². The second-order valence-electron chi connectivity index (χ2n) is 18.3. The van der Waals surface area contributed by atoms with Gasteiger partial charge in [0.2, 0.25) is 0 Å². The summed E-state index contributed by atoms with van der Waals surface area (Å²) in [6.07, 6.45) is 0. The summed E-state index contributed by atoms with van der Waals surface area (Å²) in [5.41, 5.74) is 5.73. The van der Waals surface area contributed by atoms with E-state index in [0.29, 0.717) is 110 Å². The highest BCUT2D eigenvalue weighted by Crippen LogP contribution is 2.47. The molecule has 0 bridgehead atoms. The first-order valence-corrected chi connectivity index (χ1v) is 23.5. The number of carbonyl (C=O) groups excluding carboxylic acids is 2. The van der Waals surface area contributed by atoms with Gasteiger partial charge in [-0.2, -0.15) is 0 Å². The Morgan fingerprint density at radius 2 is 0.653 bits per heavy atom. The molecule has 14 rings (SSSR count). The molecule has 0 radical (unpaired) electrons. The fourth-order valence-corrected chi connectivity index (χ4v) is 11.1. The van der Waals surface area contributed by atoms with Crippen LogP contribution < -0.4 is 21.7 Å². The van der Waals surface area contributed by atoms with Gasteiger partial charge in [-0.05, 0) is 83.9 Å². The molecule has 0 saturated carbocycles. The lowest BCUT2D eigenvalue weighted by Gasteiger charge is -2.28. The van der Waals surface area contributed by atoms with Crippen LogP contribution in [0.15, 0.2) is 212 Å². The quantitative estimate of drug-likeness (QED) is 0.159. The van der Waals surface area contributed by atoms with E-state index >= 15 is 9.59 Å². The average molecular weight is 937 g/mol. The smallest absolute Gasteiger partial charge is 0.262 e. The number of hydrogen-bond donors (Lipinski definition) is 2. The SMILES string of the molecule is O=C1C2=C(c3ccccc3)N(Cn3c4ccccc4c(=O)c4cc5[nH]c6ccccc6c(=O)c5cc43)C(=O)C2=C(c2ccccc2)N1Cn1c2ccccc2c(=O)c2cc3[nH]c4ccccc4c(=O)c3cc21. The highest BCUT2D eigenvalue weighted by atomic mass is 16.2. The number of H-pyrrole nitrogens is 2. The summed E-state index contributed by atoms with van der Waals surface area (Å²) in [7, 11) is 0. The van der Waals surface area contributed by atoms with Crippen molar-refractivity contribution >= 4 is 110 Å². The van der Waals surface area contributed by atoms with E-state index in [2.05, 4.69) is 9.97 Å². The van der Waals surface area contributed by atoms with E-state index < -0.39 is 11.8 Å². The first-order valence-electron chi connectivity index (χ1n) is 23.5. The van der Waals surface area contributed by atoms with E-state index in [-0.39, 0.29) is 46.2 Å². The largest absolute Gasteiger partial charge is 0.354 e. The zero-order valence-electron chi connectivity index (χ0n) is 38.0. The van der Waals surface area contributed by atoms with Crippen molar-refractivity contribution in [1.82, 2.24) is 28.9 Å². The standard InChI is InChI=1S/C60H36N6O6/c67-55-35-19-7-11-23-43(35)61-45-27-41-49(29-39(45)55)63(47-25-13-9-21-37(47)57(41)69)31-65-53(33-15-3-1-4-16-33)51-52(60(65)72)54(34-17-5-2-6-18-34)66(59(51)71)32-64-48-26-14-10-22-38(48)58(70)42-28-46-40(30-50(42)64)56(68)36-20-8-12-24-44(36)62-46/h1-30H,31-32H2,(H,61,67)(H,62,68). The Balaban J connectivity index is 1.00. The Morgan fingerprint density at radius 1 is 0.306 bits per heavy atom. The van der Waals surface area contributed by atoms with Crippen molar-refractivity contribution < 1.29 is 9.59 Å². The summed E-state index contributed by atoms with van der Waals surface area (Å²) >= 11 is 0. The van der Waals surface area contributed by atoms with E-state index in [4.69, 9.17) is 0 Å². The van der Waals surface area contributed by atoms with Gasteiger partial charge < -0.3 is 19.1 Å². The summed E-state index contributed by atoms with van der Waals surface area (Å²) < 4.78 is 3.75. The summed E-state index contributed by atoms with van der Waals surface area (Å²) in [5.74, 6) is -0.892. The van der Waals surface area contributed by atoms with Crippen molar-refractivity contribution in [1.29, 1.82) is 0 Å². The highest BCUT2D eigenvalue weighted by molar-refractivity contribution is 6.30. The van der Waals surface area contributed by atoms with Crippen LogP contribution in [0, 0.1) is 0 Å². The zero-order chi connectivity index (χ0) is 48.5. The molecular formula is C60H36N6O6. The number of pyridine rings is 4. The molecule has 0 saturated heterocycles. The Morgan fingerprint density at radius 3 is 1.07 bits per heavy atom. The molecule has 2 N–H and O–H groups in total. The van der Waals surface area contributed by atoms with Crippen molar-refractivity contribution in [2.45, 2.75) is 13.3 Å². The van der Waals surface area contributed by atoms with Crippen LogP contribution in [0.1, 0.15) is 11.1 Å². The molecule has 0 fully saturated rings. The molecule has 0 spiro atoms. The second kappa shape index (κ2) is 15.3. The lowest BCUT2D eigenvalue weighted by atomic mass is 10.0. The molecule has 0 unspecified atom stereocenters. The number of nitrogens with one attached hydrogen (secondary N) is 2. The molecule has 6 heterocycles. The number of nitrogens with zero attached hydrogens (tertiary/aromatic N) is 4. The number of rotatable bonds is 6. The molecule has 12 heteroatoms. The fraction of sp³-hybridized carbons (Fsp3) is 0.0333. The predicted molar refractivity (Wildman–Crippen MR) is 283 cm³/mol. The molecule has 12 nitrogen and oxygen atoms in total. The number of aromatic amines is 2. The number of carbonyl (C=O) groups is 2. The van der Waals surface area contributed by atoms with Crippen LogP contribution in [0.3, 0.4) is 0 Å². The number of hydrogen-bond acceptors (Lipinski definition) is 6. The van der Waals surface area contributed by atoms with E-state index in [9.17, 15) is 19.2 Å². The first kappa shape index (κ1) is 41.1. The number of amides is 2. The predicted octanol–water partition coefficient (Wildman–Crippen LogP) is 9.73. The molecule has 2 aliphatic heterocycles. The molecule has 2 aliphatic rings. The van der Waals surface area contributed by atoms with Gasteiger partial charge in [0.25, 0.3) is 11.8 Å². The third kappa shape index (κ3) is 5.80. The van der Waals surface area contributed by atoms with Gasteiger partial charge in [-0.25, -0.2) is 0 Å². The maximum Gasteiger partial charge on any atom is 0.262 e. The van der Waals surface area contributed by atoms with E-state index in [0.717, 1.165) is 0 Å². The fourth-order valence-electron chi connectivity index (χ4n) is 11.1. The third-order valence-corrected chi connectivity index (χ3v) is 14.4. The number of aromatic nitrogens is 4. The number of benzene rings is 8. The first-order chi connectivity index (χ1) is 35.2. The minimum Gasteiger partial charge on any atom is -0.354 e. The van der Waals surface area contributed by atoms with Gasteiger partial charge in [-0.1, -0.05) is 109 Å². The molecule has 12 aromatic rings. The average Bonchev–Trinajstić information content (AvgIpc) is 3.87. The maximum absolute atomic E-state index is 15.8. The lowest BCUT2D eigenvalue weighted by Crippen LogP contribution is -2.33. The van der Waals surface area contributed by atoms with Crippen molar-refractivity contribution in [2.24, 2.45) is 0 Å². The van der Waals surface area contributed by atoms with Gasteiger partial charge in [0, 0.05) is 54.1 Å². The molecule has 72 heavy (non-hydrogen) atoms. The van der Waals surface area contributed by atoms with Crippen LogP contribution in [-0.2, 0) is 22.9 Å². The minimum absolute atomic E-state index is 0.134. The topological polar surface area (TPSA) is 150 Å². The lowest BCUT2D eigenvalue weighted by molar-refractivity contribution is -0.125. The molecule has 0 aliphatic carbocycles. The summed E-state index contributed by atoms with van der Waals surface area (Å²) in [5, 5.41) is 3.30. The second-order valence-corrected chi connectivity index (χ2v) is 18.3. The summed E-state index contributed by atoms with van der Waals surface area (Å²) in [4.78, 5) is 98.8. The van der Waals surface area contributed by atoms with Crippen molar-refractivity contribution in [3.8, 4) is 0 Å². The normalized spacial score (nSPS) is 14.1. The molecule has 4 aromatic heterocycles. The molecule has 8 aromatic carbocycles. The Kier molecular flexibility index (Phi) is 8.72. The number of para-hydroxylation sites is 4. The highest BCUT2D eigenvalue weighted by Gasteiger charge is 2.49. The van der Waals surface area contributed by atoms with Gasteiger partial charge in [0.05, 0.1) is 55.6 Å². The Labute approximate surface area is 405 Å². The zero-order valence-corrected chi connectivity index (χ0v) is 38.0. The van der Waals surface area contributed by atoms with E-state index in [1.54, 1.807) is 82.6 Å². The summed E-state index contributed by atoms with van der Waals surface area (Å²) in [6, 6.07) is 54.3. The summed E-state index contributed by atoms with van der Waals surface area (Å²) in [6.45, 7) is -0.268. The van der Waals surface area contributed by atoms with Crippen LogP contribution in [0.2, 0.25) is 0 Å². The van der Waals surface area contributed by atoms with Gasteiger partial charge in [-0.3, -0.25) is 38.6 Å². The Bertz CT molecular complexity index is 4470. The van der Waals surface area contributed by atoms with E-state index in [1.807, 2.05) is 118 Å². The maximum atomic E-state index is 15.8. The Hall–Kier alpha value is -9.94. The van der Waals surface area contributed by atoms with Crippen molar-refractivity contribution in [3.63, 3.8) is 0 Å². The monoisotopic (exact) mass is 936 g/mol. The van der Waals surface area contributed by atoms with Crippen molar-refractivity contribution in [2.75, 3.05) is 0 Å². The third-order valence-electron chi connectivity index (χ3n) is 14.4.